The first kappa shape index (κ1) is 18.2. The molecule has 3 rings (SSSR count). The molecule has 25 heavy (non-hydrogen) atoms. The summed E-state index contributed by atoms with van der Waals surface area (Å²) in [6.07, 6.45) is 0.440. The zero-order valence-electron chi connectivity index (χ0n) is 13.5. The van der Waals surface area contributed by atoms with Gasteiger partial charge in [0, 0.05) is 39.0 Å². The van der Waals surface area contributed by atoms with Gasteiger partial charge in [-0.25, -0.2) is 4.98 Å². The van der Waals surface area contributed by atoms with Crippen LogP contribution >= 0.6 is 34.5 Å². The number of aromatic nitrogens is 1. The number of hydrogen-bond donors (Lipinski definition) is 0. The summed E-state index contributed by atoms with van der Waals surface area (Å²) in [7, 11) is 0. The Morgan fingerprint density at radius 3 is 2.44 bits per heavy atom. The third-order valence-corrected chi connectivity index (χ3v) is 5.55. The molecule has 0 saturated carbocycles. The number of halogens is 2. The van der Waals surface area contributed by atoms with Crippen LogP contribution in [0.5, 0.6) is 0 Å². The van der Waals surface area contributed by atoms with E-state index in [1.165, 1.54) is 11.3 Å². The number of anilines is 1. The van der Waals surface area contributed by atoms with Crippen molar-refractivity contribution in [1.82, 2.24) is 9.88 Å². The lowest BCUT2D eigenvalue weighted by Crippen LogP contribution is -2.49. The van der Waals surface area contributed by atoms with Crippen molar-refractivity contribution in [3.8, 4) is 0 Å². The molecule has 0 bridgehead atoms. The average Bonchev–Trinajstić information content (AvgIpc) is 3.06. The first-order valence-corrected chi connectivity index (χ1v) is 9.54. The minimum Gasteiger partial charge on any atom is -0.353 e. The summed E-state index contributed by atoms with van der Waals surface area (Å²) in [5, 5.41) is 0.461. The number of Topliss-reactive ketones (excluding diaryl/α,β-unsaturated/α-hetero) is 1. The SMILES string of the molecule is O=C(CCC(=O)N1CCN(c2cccc(Cl)n2)CC1)c1ccc(Cl)s1. The maximum atomic E-state index is 12.3. The maximum Gasteiger partial charge on any atom is 0.223 e. The van der Waals surface area contributed by atoms with Crippen LogP contribution in [0.15, 0.2) is 30.3 Å². The summed E-state index contributed by atoms with van der Waals surface area (Å²) in [6.45, 7) is 2.64. The van der Waals surface area contributed by atoms with Crippen LogP contribution in [-0.2, 0) is 4.79 Å². The van der Waals surface area contributed by atoms with Crippen molar-refractivity contribution in [2.75, 3.05) is 31.1 Å². The molecule has 8 heteroatoms. The fourth-order valence-corrected chi connectivity index (χ4v) is 3.89. The Morgan fingerprint density at radius 2 is 1.80 bits per heavy atom. The van der Waals surface area contributed by atoms with E-state index in [2.05, 4.69) is 9.88 Å². The van der Waals surface area contributed by atoms with E-state index in [9.17, 15) is 9.59 Å². The lowest BCUT2D eigenvalue weighted by atomic mass is 10.1. The van der Waals surface area contributed by atoms with Gasteiger partial charge in [-0.1, -0.05) is 29.3 Å². The zero-order valence-corrected chi connectivity index (χ0v) is 15.8. The number of ketones is 1. The van der Waals surface area contributed by atoms with E-state index in [0.717, 1.165) is 5.82 Å². The standard InChI is InChI=1S/C17H17Cl2N3O2S/c18-14-2-1-3-16(20-14)21-8-10-22(11-9-21)17(24)7-4-12(23)13-5-6-15(19)25-13/h1-3,5-6H,4,7-11H2. The van der Waals surface area contributed by atoms with Gasteiger partial charge in [-0.05, 0) is 24.3 Å². The Hall–Kier alpha value is -1.63. The normalized spacial score (nSPS) is 14.6. The van der Waals surface area contributed by atoms with Crippen molar-refractivity contribution in [1.29, 1.82) is 0 Å². The molecule has 2 aromatic rings. The molecule has 0 radical (unpaired) electrons. The van der Waals surface area contributed by atoms with Crippen LogP contribution in [0, 0.1) is 0 Å². The number of nitrogens with zero attached hydrogens (tertiary/aromatic N) is 3. The van der Waals surface area contributed by atoms with Gasteiger partial charge in [0.15, 0.2) is 5.78 Å². The minimum absolute atomic E-state index is 0.00899. The van der Waals surface area contributed by atoms with Crippen LogP contribution in [0.3, 0.4) is 0 Å². The van der Waals surface area contributed by atoms with Crippen LogP contribution in [0.4, 0.5) is 5.82 Å². The van der Waals surface area contributed by atoms with E-state index in [1.54, 1.807) is 23.1 Å². The van der Waals surface area contributed by atoms with E-state index in [-0.39, 0.29) is 24.5 Å². The molecular formula is C17H17Cl2N3O2S. The molecule has 0 aliphatic carbocycles. The molecule has 0 N–H and O–H groups in total. The fraction of sp³-hybridized carbons (Fsp3) is 0.353. The smallest absolute Gasteiger partial charge is 0.223 e. The number of thiophene rings is 1. The molecule has 3 heterocycles. The molecule has 0 unspecified atom stereocenters. The largest absolute Gasteiger partial charge is 0.353 e. The van der Waals surface area contributed by atoms with Crippen molar-refractivity contribution in [2.24, 2.45) is 0 Å². The van der Waals surface area contributed by atoms with Crippen LogP contribution in [0.1, 0.15) is 22.5 Å². The van der Waals surface area contributed by atoms with Crippen molar-refractivity contribution >= 4 is 52.0 Å². The Bertz CT molecular complexity index is 773. The summed E-state index contributed by atoms with van der Waals surface area (Å²) in [5.41, 5.74) is 0. The summed E-state index contributed by atoms with van der Waals surface area (Å²) in [6, 6.07) is 8.92. The van der Waals surface area contributed by atoms with Gasteiger partial charge >= 0.3 is 0 Å². The number of hydrogen-bond acceptors (Lipinski definition) is 5. The van der Waals surface area contributed by atoms with Crippen LogP contribution in [0.25, 0.3) is 0 Å². The lowest BCUT2D eigenvalue weighted by molar-refractivity contribution is -0.131. The van der Waals surface area contributed by atoms with E-state index in [1.807, 2.05) is 12.1 Å². The second-order valence-corrected chi connectivity index (χ2v) is 7.82. The first-order chi connectivity index (χ1) is 12.0. The molecule has 1 aliphatic rings. The predicted molar refractivity (Wildman–Crippen MR) is 101 cm³/mol. The molecule has 1 aliphatic heterocycles. The van der Waals surface area contributed by atoms with Gasteiger partial charge in [0.25, 0.3) is 0 Å². The predicted octanol–water partition coefficient (Wildman–Crippen LogP) is 3.76. The maximum absolute atomic E-state index is 12.3. The Kier molecular flexibility index (Phi) is 5.93. The van der Waals surface area contributed by atoms with Gasteiger partial charge in [-0.15, -0.1) is 11.3 Å². The summed E-state index contributed by atoms with van der Waals surface area (Å²) in [5.74, 6) is 0.797. The number of rotatable bonds is 5. The second-order valence-electron chi connectivity index (χ2n) is 5.71. The zero-order chi connectivity index (χ0) is 17.8. The topological polar surface area (TPSA) is 53.5 Å². The van der Waals surface area contributed by atoms with Gasteiger partial charge in [0.1, 0.15) is 11.0 Å². The molecule has 2 aromatic heterocycles. The van der Waals surface area contributed by atoms with Crippen molar-refractivity contribution in [3.05, 3.63) is 44.7 Å². The van der Waals surface area contributed by atoms with Gasteiger partial charge in [-0.3, -0.25) is 9.59 Å². The number of carbonyl (C=O) groups is 2. The Morgan fingerprint density at radius 1 is 1.04 bits per heavy atom. The molecular weight excluding hydrogens is 381 g/mol. The highest BCUT2D eigenvalue weighted by Crippen LogP contribution is 2.23. The average molecular weight is 398 g/mol. The Balaban J connectivity index is 1.47. The molecule has 1 saturated heterocycles. The van der Waals surface area contributed by atoms with Crippen molar-refractivity contribution < 1.29 is 9.59 Å². The summed E-state index contributed by atoms with van der Waals surface area (Å²) < 4.78 is 0.584. The van der Waals surface area contributed by atoms with E-state index in [0.29, 0.717) is 40.5 Å². The molecule has 0 atom stereocenters. The quantitative estimate of drug-likeness (QED) is 0.569. The first-order valence-electron chi connectivity index (χ1n) is 7.97. The number of amides is 1. The van der Waals surface area contributed by atoms with Gasteiger partial charge in [0.05, 0.1) is 9.21 Å². The molecule has 1 amide bonds. The van der Waals surface area contributed by atoms with Crippen molar-refractivity contribution in [3.63, 3.8) is 0 Å². The molecule has 0 aromatic carbocycles. The summed E-state index contributed by atoms with van der Waals surface area (Å²) >= 11 is 13.0. The highest BCUT2D eigenvalue weighted by molar-refractivity contribution is 7.18. The van der Waals surface area contributed by atoms with E-state index < -0.39 is 0 Å². The van der Waals surface area contributed by atoms with E-state index in [4.69, 9.17) is 23.2 Å². The molecule has 132 valence electrons. The van der Waals surface area contributed by atoms with Crippen LogP contribution in [0.2, 0.25) is 9.49 Å². The second kappa shape index (κ2) is 8.17. The van der Waals surface area contributed by atoms with Crippen molar-refractivity contribution in [2.45, 2.75) is 12.8 Å². The lowest BCUT2D eigenvalue weighted by Gasteiger charge is -2.35. The Labute approximate surface area is 160 Å². The number of carbonyl (C=O) groups excluding carboxylic acids is 2. The molecule has 0 spiro atoms. The number of piperazine rings is 1. The van der Waals surface area contributed by atoms with Crippen LogP contribution < -0.4 is 4.90 Å². The monoisotopic (exact) mass is 397 g/mol. The third-order valence-electron chi connectivity index (χ3n) is 4.07. The fourth-order valence-electron chi connectivity index (χ4n) is 2.72. The van der Waals surface area contributed by atoms with Gasteiger partial charge < -0.3 is 9.80 Å². The van der Waals surface area contributed by atoms with E-state index >= 15 is 0 Å². The van der Waals surface area contributed by atoms with Crippen LogP contribution in [-0.4, -0.2) is 47.8 Å². The van der Waals surface area contributed by atoms with Gasteiger partial charge in [0.2, 0.25) is 5.91 Å². The van der Waals surface area contributed by atoms with Gasteiger partial charge in [-0.2, -0.15) is 0 Å². The third kappa shape index (κ3) is 4.71. The highest BCUT2D eigenvalue weighted by atomic mass is 35.5. The minimum atomic E-state index is -0.0352. The number of pyridine rings is 1. The highest BCUT2D eigenvalue weighted by Gasteiger charge is 2.22. The molecule has 1 fully saturated rings. The summed E-state index contributed by atoms with van der Waals surface area (Å²) in [4.78, 5) is 33.2. The molecule has 5 nitrogen and oxygen atoms in total.